The maximum Gasteiger partial charge on any atom is 0.335 e. The molecule has 2 saturated heterocycles. The summed E-state index contributed by atoms with van der Waals surface area (Å²) in [6.07, 6.45) is 1.25. The van der Waals surface area contributed by atoms with Gasteiger partial charge in [-0.05, 0) is 74.2 Å². The molecule has 3 aromatic rings. The molecule has 2 bridgehead atoms. The number of carboxylic acid groups (broad SMARTS) is 2. The van der Waals surface area contributed by atoms with E-state index in [0.717, 1.165) is 46.5 Å². The number of ether oxygens (including phenoxy) is 2. The van der Waals surface area contributed by atoms with Gasteiger partial charge in [0.15, 0.2) is 17.8 Å². The Kier molecular flexibility index (Phi) is 11.7. The lowest BCUT2D eigenvalue weighted by molar-refractivity contribution is -0.201. The lowest BCUT2D eigenvalue weighted by Gasteiger charge is -2.63. The van der Waals surface area contributed by atoms with E-state index < -0.39 is 75.6 Å². The molecule has 1 spiro atoms. The molecule has 9 rings (SSSR count). The van der Waals surface area contributed by atoms with Gasteiger partial charge < -0.3 is 60.8 Å². The Morgan fingerprint density at radius 3 is 2.26 bits per heavy atom. The van der Waals surface area contributed by atoms with Crippen molar-refractivity contribution in [1.29, 1.82) is 0 Å². The molecule has 352 valence electrons. The van der Waals surface area contributed by atoms with Crippen LogP contribution in [0.2, 0.25) is 0 Å². The van der Waals surface area contributed by atoms with Gasteiger partial charge in [-0.2, -0.15) is 0 Å². The third-order valence-corrected chi connectivity index (χ3v) is 16.0. The number of nitrogens with two attached hydrogens (primary N) is 1. The van der Waals surface area contributed by atoms with Crippen molar-refractivity contribution in [3.8, 4) is 5.75 Å². The summed E-state index contributed by atoms with van der Waals surface area (Å²) in [5, 5.41) is 70.5. The summed E-state index contributed by atoms with van der Waals surface area (Å²) >= 11 is 0. The number of carboxylic acids is 2. The van der Waals surface area contributed by atoms with Gasteiger partial charge in [-0.3, -0.25) is 19.4 Å². The average molecular weight is 904 g/mol. The number of aromatic nitrogens is 1. The van der Waals surface area contributed by atoms with E-state index in [2.05, 4.69) is 26.9 Å². The third-order valence-electron chi connectivity index (χ3n) is 16.0. The van der Waals surface area contributed by atoms with Crippen LogP contribution in [0.1, 0.15) is 68.3 Å². The fourth-order valence-electron chi connectivity index (χ4n) is 13.3. The van der Waals surface area contributed by atoms with Gasteiger partial charge in [0.2, 0.25) is 0 Å². The molecule has 6 aliphatic rings. The van der Waals surface area contributed by atoms with E-state index in [-0.39, 0.29) is 12.0 Å². The zero-order valence-corrected chi connectivity index (χ0v) is 37.4. The number of piperidine rings is 1. The maximum absolute atomic E-state index is 15.2. The number of carbonyl (C=O) groups excluding carboxylic acids is 2. The molecular weight excluding hydrogens is 843 g/mol. The maximum atomic E-state index is 15.2. The summed E-state index contributed by atoms with van der Waals surface area (Å²) < 4.78 is 12.2. The van der Waals surface area contributed by atoms with Crippen LogP contribution in [-0.4, -0.2) is 170 Å². The number of benzene rings is 2. The first kappa shape index (κ1) is 46.4. The first-order valence-electron chi connectivity index (χ1n) is 22.3. The van der Waals surface area contributed by atoms with Crippen LogP contribution in [0, 0.1) is 11.3 Å². The normalized spacial score (nSPS) is 35.4. The van der Waals surface area contributed by atoms with E-state index in [1.54, 1.807) is 7.11 Å². The molecule has 18 heteroatoms. The Hall–Kier alpha value is -5.08. The van der Waals surface area contributed by atoms with Crippen LogP contribution < -0.4 is 15.4 Å². The van der Waals surface area contributed by atoms with E-state index >= 15 is 4.79 Å². The monoisotopic (exact) mass is 903 g/mol. The summed E-state index contributed by atoms with van der Waals surface area (Å²) in [7, 11) is 4.89. The van der Waals surface area contributed by atoms with Crippen LogP contribution in [0.15, 0.2) is 48.6 Å². The Morgan fingerprint density at radius 2 is 1.65 bits per heavy atom. The smallest absolute Gasteiger partial charge is 0.335 e. The van der Waals surface area contributed by atoms with Crippen LogP contribution in [0.5, 0.6) is 5.75 Å². The van der Waals surface area contributed by atoms with Crippen molar-refractivity contribution in [2.45, 2.75) is 105 Å². The number of carbonyl (C=O) groups is 4. The molecule has 6 heterocycles. The Balaban J connectivity index is 0.000000517. The Morgan fingerprint density at radius 1 is 0.954 bits per heavy atom. The van der Waals surface area contributed by atoms with Crippen molar-refractivity contribution >= 4 is 40.4 Å². The number of amides is 1. The summed E-state index contributed by atoms with van der Waals surface area (Å²) in [5.74, 6) is -4.54. The molecule has 2 unspecified atom stereocenters. The van der Waals surface area contributed by atoms with E-state index in [1.807, 2.05) is 62.2 Å². The van der Waals surface area contributed by atoms with Crippen molar-refractivity contribution in [3.05, 3.63) is 70.9 Å². The number of likely N-dealkylation sites (N-methyl/N-ethyl adjacent to an activating group) is 1. The molecule has 1 aromatic heterocycles. The van der Waals surface area contributed by atoms with Gasteiger partial charge >= 0.3 is 17.9 Å². The van der Waals surface area contributed by atoms with Crippen molar-refractivity contribution < 1.29 is 64.4 Å². The number of aliphatic hydroxyl groups is 5. The van der Waals surface area contributed by atoms with E-state index in [1.165, 1.54) is 7.11 Å². The highest BCUT2D eigenvalue weighted by Crippen LogP contribution is 2.67. The number of aromatic amines is 1. The molecule has 2 aromatic carbocycles. The van der Waals surface area contributed by atoms with Crippen LogP contribution in [0.4, 0.5) is 5.69 Å². The number of nitrogens with zero attached hydrogens (tertiary/aromatic N) is 3. The number of aliphatic hydroxyl groups excluding tert-OH is 3. The Labute approximate surface area is 376 Å². The zero-order chi connectivity index (χ0) is 47.2. The SMILES string of the molecule is CC[C@]1(O)C[C@H]2C[N@](CCc3c([nH]c4ccccc34)[C@@](C(=O)OC)(c3cc4c(cc3OC)N(C)[C@H]3[C@@](O)(C(N)=O)[C@H](O)[C@]5(CC)C=CCN6CC[C@]43[C@@H]65)C2)C1.O=C(O)C(O)C(O)C(=O)O. The topological polar surface area (TPSA) is 280 Å². The first-order chi connectivity index (χ1) is 30.8. The number of anilines is 1. The summed E-state index contributed by atoms with van der Waals surface area (Å²) in [4.78, 5) is 58.8. The minimum absolute atomic E-state index is 0.0790. The number of nitrogens with one attached hydrogen (secondary N) is 1. The van der Waals surface area contributed by atoms with Gasteiger partial charge in [-0.15, -0.1) is 0 Å². The molecule has 65 heavy (non-hydrogen) atoms. The van der Waals surface area contributed by atoms with Crippen molar-refractivity contribution in [2.75, 3.05) is 58.9 Å². The zero-order valence-electron chi connectivity index (χ0n) is 37.4. The summed E-state index contributed by atoms with van der Waals surface area (Å²) in [5.41, 5.74) is 4.72. The molecule has 0 radical (unpaired) electrons. The minimum atomic E-state index is -2.30. The summed E-state index contributed by atoms with van der Waals surface area (Å²) in [6.45, 7) is 7.39. The van der Waals surface area contributed by atoms with Gasteiger partial charge in [0.1, 0.15) is 17.3 Å². The van der Waals surface area contributed by atoms with Gasteiger partial charge in [-0.25, -0.2) is 9.59 Å². The molecule has 1 saturated carbocycles. The predicted molar refractivity (Wildman–Crippen MR) is 235 cm³/mol. The number of rotatable bonds is 9. The number of hydrogen-bond acceptors (Lipinski definition) is 14. The number of aliphatic carboxylic acids is 2. The van der Waals surface area contributed by atoms with Crippen LogP contribution in [0.3, 0.4) is 0 Å². The number of fused-ring (bicyclic) bond motifs is 6. The number of hydrogen-bond donors (Lipinski definition) is 9. The van der Waals surface area contributed by atoms with Crippen molar-refractivity contribution in [2.24, 2.45) is 17.1 Å². The molecule has 5 aliphatic heterocycles. The van der Waals surface area contributed by atoms with Gasteiger partial charge in [0.05, 0.1) is 25.9 Å². The molecule has 1 amide bonds. The Bertz CT molecular complexity index is 2420. The molecular formula is C47H61N5O13. The number of primary amides is 1. The minimum Gasteiger partial charge on any atom is -0.496 e. The summed E-state index contributed by atoms with van der Waals surface area (Å²) in [6, 6.07) is 11.0. The highest BCUT2D eigenvalue weighted by Gasteiger charge is 2.78. The number of esters is 1. The number of H-pyrrole nitrogens is 1. The van der Waals surface area contributed by atoms with Crippen LogP contribution >= 0.6 is 0 Å². The van der Waals surface area contributed by atoms with Crippen molar-refractivity contribution in [1.82, 2.24) is 14.8 Å². The standard InChI is InChI=1S/C43H55N5O7.C4H6O6/c1-6-39(52)21-25-22-42(38(51)55-5,33-27(13-17-47(23-25)24-39)26-11-8-9-12-30(26)45-33)29-19-28-31(20-32(29)54-4)46(3)35-41(28)15-18-48-16-10-14-40(7-2,34(41)48)36(49)43(35,53)37(44)50;5-1(3(7)8)2(6)4(9)10/h8-12,14,19-20,25,34-36,45,49,52-53H,6-7,13,15-18,21-24H2,1-5H3,(H2,44,50);1-2,5-6H,(H,7,8)(H,9,10)/t25-,34+,35-,36-,39+,40-,41-,42+,43+;/m1./s1. The second-order valence-corrected chi connectivity index (χ2v) is 19.1. The lowest BCUT2D eigenvalue weighted by Crippen LogP contribution is -2.81. The van der Waals surface area contributed by atoms with Crippen LogP contribution in [0.25, 0.3) is 10.9 Å². The highest BCUT2D eigenvalue weighted by molar-refractivity contribution is 5.95. The fraction of sp³-hybridized carbons (Fsp3) is 0.574. The van der Waals surface area contributed by atoms with Crippen molar-refractivity contribution in [3.63, 3.8) is 0 Å². The third kappa shape index (κ3) is 6.53. The van der Waals surface area contributed by atoms with E-state index in [0.29, 0.717) is 69.5 Å². The molecule has 18 nitrogen and oxygen atoms in total. The predicted octanol–water partition coefficient (Wildman–Crippen LogP) is 0.610. The molecule has 10 N–H and O–H groups in total. The largest absolute Gasteiger partial charge is 0.496 e. The first-order valence-corrected chi connectivity index (χ1v) is 22.3. The number of para-hydroxylation sites is 1. The highest BCUT2D eigenvalue weighted by atomic mass is 16.5. The lowest BCUT2D eigenvalue weighted by atomic mass is 9.47. The number of methoxy groups -OCH3 is 2. The average Bonchev–Trinajstić information content (AvgIpc) is 3.95. The molecule has 12 atom stereocenters. The second-order valence-electron chi connectivity index (χ2n) is 19.1. The van der Waals surface area contributed by atoms with Gasteiger partial charge in [0.25, 0.3) is 5.91 Å². The van der Waals surface area contributed by atoms with Crippen LogP contribution in [-0.2, 0) is 41.2 Å². The van der Waals surface area contributed by atoms with E-state index in [9.17, 15) is 29.7 Å². The van der Waals surface area contributed by atoms with E-state index in [4.69, 9.17) is 35.6 Å². The fourth-order valence-corrected chi connectivity index (χ4v) is 13.3. The second kappa shape index (κ2) is 16.4. The molecule has 3 fully saturated rings. The van der Waals surface area contributed by atoms with Gasteiger partial charge in [0, 0.05) is 84.0 Å². The quantitative estimate of drug-likeness (QED) is 0.105. The molecule has 1 aliphatic carbocycles. The van der Waals surface area contributed by atoms with Gasteiger partial charge in [-0.1, -0.05) is 44.2 Å².